The van der Waals surface area contributed by atoms with Gasteiger partial charge in [0.2, 0.25) is 0 Å². The molecular formula is C11H20N4O. The fraction of sp³-hybridized carbons (Fsp3) is 0.818. The number of hydrogen-bond acceptors (Lipinski definition) is 4. The first-order valence-electron chi connectivity index (χ1n) is 5.99. The van der Waals surface area contributed by atoms with Crippen LogP contribution in [0.2, 0.25) is 0 Å². The third kappa shape index (κ3) is 3.28. The van der Waals surface area contributed by atoms with Crippen LogP contribution in [-0.4, -0.2) is 40.8 Å². The molecule has 2 atom stereocenters. The summed E-state index contributed by atoms with van der Waals surface area (Å²) in [6.07, 6.45) is 8.90. The highest BCUT2D eigenvalue weighted by atomic mass is 16.5. The highest BCUT2D eigenvalue weighted by Crippen LogP contribution is 2.20. The van der Waals surface area contributed by atoms with Gasteiger partial charge in [0.25, 0.3) is 0 Å². The summed E-state index contributed by atoms with van der Waals surface area (Å²) in [5.41, 5.74) is 0. The van der Waals surface area contributed by atoms with Crippen molar-refractivity contribution in [1.29, 1.82) is 0 Å². The van der Waals surface area contributed by atoms with Crippen LogP contribution >= 0.6 is 0 Å². The Bertz CT molecular complexity index is 288. The molecule has 0 bridgehead atoms. The predicted octanol–water partition coefficient (Wildman–Crippen LogP) is 0.825. The molecule has 0 spiro atoms. The third-order valence-electron chi connectivity index (χ3n) is 3.21. The van der Waals surface area contributed by atoms with Gasteiger partial charge >= 0.3 is 0 Å². The molecule has 2 unspecified atom stereocenters. The van der Waals surface area contributed by atoms with E-state index in [4.69, 9.17) is 4.74 Å². The van der Waals surface area contributed by atoms with Gasteiger partial charge in [0.1, 0.15) is 0 Å². The SMILES string of the molecule is COC1CCCC(NCCn2ccnn2)C1. The molecule has 1 N–H and O–H groups in total. The molecule has 0 saturated heterocycles. The van der Waals surface area contributed by atoms with Crippen LogP contribution in [0.5, 0.6) is 0 Å². The van der Waals surface area contributed by atoms with Crippen LogP contribution in [0.15, 0.2) is 12.4 Å². The molecule has 90 valence electrons. The van der Waals surface area contributed by atoms with Gasteiger partial charge in [0.15, 0.2) is 0 Å². The quantitative estimate of drug-likeness (QED) is 0.804. The molecule has 1 aromatic rings. The van der Waals surface area contributed by atoms with E-state index >= 15 is 0 Å². The van der Waals surface area contributed by atoms with Gasteiger partial charge in [0.05, 0.1) is 18.8 Å². The lowest BCUT2D eigenvalue weighted by molar-refractivity contribution is 0.0587. The number of nitrogens with one attached hydrogen (secondary N) is 1. The zero-order valence-corrected chi connectivity index (χ0v) is 9.80. The first-order chi connectivity index (χ1) is 7.88. The minimum Gasteiger partial charge on any atom is -0.381 e. The summed E-state index contributed by atoms with van der Waals surface area (Å²) in [7, 11) is 1.81. The van der Waals surface area contributed by atoms with E-state index in [0.29, 0.717) is 12.1 Å². The molecule has 1 aliphatic rings. The number of methoxy groups -OCH3 is 1. The number of nitrogens with zero attached hydrogens (tertiary/aromatic N) is 3. The Morgan fingerprint density at radius 3 is 3.19 bits per heavy atom. The number of ether oxygens (including phenoxy) is 1. The van der Waals surface area contributed by atoms with Gasteiger partial charge < -0.3 is 10.1 Å². The van der Waals surface area contributed by atoms with Crippen molar-refractivity contribution in [2.45, 2.75) is 44.4 Å². The molecule has 0 amide bonds. The number of hydrogen-bond donors (Lipinski definition) is 1. The van der Waals surface area contributed by atoms with Crippen LogP contribution in [0.1, 0.15) is 25.7 Å². The molecule has 0 aromatic carbocycles. The molecular weight excluding hydrogens is 204 g/mol. The maximum Gasteiger partial charge on any atom is 0.0692 e. The second kappa shape index (κ2) is 5.96. The minimum absolute atomic E-state index is 0.442. The normalized spacial score (nSPS) is 25.8. The second-order valence-electron chi connectivity index (χ2n) is 4.34. The fourth-order valence-corrected chi connectivity index (χ4v) is 2.28. The van der Waals surface area contributed by atoms with Crippen LogP contribution in [0.4, 0.5) is 0 Å². The third-order valence-corrected chi connectivity index (χ3v) is 3.21. The summed E-state index contributed by atoms with van der Waals surface area (Å²) in [6.45, 7) is 1.83. The monoisotopic (exact) mass is 224 g/mol. The van der Waals surface area contributed by atoms with Crippen LogP contribution in [0.25, 0.3) is 0 Å². The van der Waals surface area contributed by atoms with E-state index in [0.717, 1.165) is 19.5 Å². The van der Waals surface area contributed by atoms with E-state index < -0.39 is 0 Å². The molecule has 5 nitrogen and oxygen atoms in total. The van der Waals surface area contributed by atoms with Crippen LogP contribution in [-0.2, 0) is 11.3 Å². The largest absolute Gasteiger partial charge is 0.381 e. The van der Waals surface area contributed by atoms with Gasteiger partial charge in [-0.25, -0.2) is 0 Å². The molecule has 1 aromatic heterocycles. The molecule has 0 radical (unpaired) electrons. The average molecular weight is 224 g/mol. The highest BCUT2D eigenvalue weighted by Gasteiger charge is 2.20. The highest BCUT2D eigenvalue weighted by molar-refractivity contribution is 4.78. The lowest BCUT2D eigenvalue weighted by Crippen LogP contribution is -2.38. The van der Waals surface area contributed by atoms with Gasteiger partial charge in [-0.15, -0.1) is 5.10 Å². The van der Waals surface area contributed by atoms with Gasteiger partial charge in [-0.3, -0.25) is 4.68 Å². The van der Waals surface area contributed by atoms with Crippen molar-refractivity contribution in [2.24, 2.45) is 0 Å². The van der Waals surface area contributed by atoms with Crippen molar-refractivity contribution in [3.63, 3.8) is 0 Å². The molecule has 1 saturated carbocycles. The molecule has 2 rings (SSSR count). The maximum atomic E-state index is 5.41. The summed E-state index contributed by atoms with van der Waals surface area (Å²) in [5, 5.41) is 11.3. The van der Waals surface area contributed by atoms with Crippen LogP contribution in [0.3, 0.4) is 0 Å². The zero-order valence-electron chi connectivity index (χ0n) is 9.80. The topological polar surface area (TPSA) is 52.0 Å². The average Bonchev–Trinajstić information content (AvgIpc) is 2.82. The van der Waals surface area contributed by atoms with E-state index in [2.05, 4.69) is 15.6 Å². The fourth-order valence-electron chi connectivity index (χ4n) is 2.28. The Hall–Kier alpha value is -0.940. The van der Waals surface area contributed by atoms with Crippen molar-refractivity contribution in [3.8, 4) is 0 Å². The van der Waals surface area contributed by atoms with Gasteiger partial charge in [-0.2, -0.15) is 0 Å². The van der Waals surface area contributed by atoms with E-state index in [1.807, 2.05) is 18.0 Å². The lowest BCUT2D eigenvalue weighted by atomic mass is 9.93. The smallest absolute Gasteiger partial charge is 0.0692 e. The number of rotatable bonds is 5. The lowest BCUT2D eigenvalue weighted by Gasteiger charge is -2.28. The summed E-state index contributed by atoms with van der Waals surface area (Å²) >= 11 is 0. The van der Waals surface area contributed by atoms with Crippen LogP contribution < -0.4 is 5.32 Å². The molecule has 1 fully saturated rings. The van der Waals surface area contributed by atoms with E-state index in [9.17, 15) is 0 Å². The van der Waals surface area contributed by atoms with E-state index in [1.54, 1.807) is 6.20 Å². The molecule has 1 aliphatic carbocycles. The summed E-state index contributed by atoms with van der Waals surface area (Å²) < 4.78 is 7.26. The standard InChI is InChI=1S/C11H20N4O/c1-16-11-4-2-3-10(9-11)12-5-7-15-8-6-13-14-15/h6,8,10-12H,2-5,7,9H2,1H3. The molecule has 5 heteroatoms. The predicted molar refractivity (Wildman–Crippen MR) is 61.1 cm³/mol. The molecule has 16 heavy (non-hydrogen) atoms. The first-order valence-corrected chi connectivity index (χ1v) is 5.99. The van der Waals surface area contributed by atoms with E-state index in [1.165, 1.54) is 19.3 Å². The summed E-state index contributed by atoms with van der Waals surface area (Å²) in [6, 6.07) is 0.599. The Morgan fingerprint density at radius 2 is 2.44 bits per heavy atom. The molecule has 0 aliphatic heterocycles. The Balaban J connectivity index is 1.65. The zero-order chi connectivity index (χ0) is 11.2. The van der Waals surface area contributed by atoms with Crippen molar-refractivity contribution in [3.05, 3.63) is 12.4 Å². The van der Waals surface area contributed by atoms with Gasteiger partial charge in [0, 0.05) is 25.9 Å². The van der Waals surface area contributed by atoms with Gasteiger partial charge in [-0.05, 0) is 25.7 Å². The second-order valence-corrected chi connectivity index (χ2v) is 4.34. The Kier molecular flexibility index (Phi) is 4.30. The van der Waals surface area contributed by atoms with Crippen molar-refractivity contribution in [1.82, 2.24) is 20.3 Å². The number of aromatic nitrogens is 3. The Labute approximate surface area is 96.2 Å². The summed E-state index contributed by atoms with van der Waals surface area (Å²) in [5.74, 6) is 0. The van der Waals surface area contributed by atoms with Crippen molar-refractivity contribution in [2.75, 3.05) is 13.7 Å². The van der Waals surface area contributed by atoms with Crippen molar-refractivity contribution < 1.29 is 4.74 Å². The maximum absolute atomic E-state index is 5.41. The van der Waals surface area contributed by atoms with Crippen molar-refractivity contribution >= 4 is 0 Å². The minimum atomic E-state index is 0.442. The van der Waals surface area contributed by atoms with Crippen LogP contribution in [0, 0.1) is 0 Å². The Morgan fingerprint density at radius 1 is 1.50 bits per heavy atom. The summed E-state index contributed by atoms with van der Waals surface area (Å²) in [4.78, 5) is 0. The first kappa shape index (κ1) is 11.5. The van der Waals surface area contributed by atoms with E-state index in [-0.39, 0.29) is 0 Å². The van der Waals surface area contributed by atoms with Gasteiger partial charge in [-0.1, -0.05) is 5.21 Å². The molecule has 1 heterocycles.